The fraction of sp³-hybridized carbons (Fsp3) is 0.125. The summed E-state index contributed by atoms with van der Waals surface area (Å²) in [6.07, 6.45) is 0. The number of carboxylic acids is 1. The zero-order chi connectivity index (χ0) is 13.0. The number of aromatic hydroxyl groups is 1. The summed E-state index contributed by atoms with van der Waals surface area (Å²) in [5, 5.41) is 23.6. The predicted octanol–water partition coefficient (Wildman–Crippen LogP) is 1.34. The molecular weight excluding hydrogens is 228 g/mol. The number of para-hydroxylation sites is 1. The maximum Gasteiger partial charge on any atom is 0.762 e. The zero-order valence-electron chi connectivity index (χ0n) is 8.05. The third-order valence-corrected chi connectivity index (χ3v) is 0.891. The van der Waals surface area contributed by atoms with Crippen LogP contribution < -0.4 is 0 Å². The van der Waals surface area contributed by atoms with Gasteiger partial charge in [0.25, 0.3) is 0 Å². The standard InChI is InChI=1S/C6H6O.C2H4O3.BF3/c7-6-4-2-1-3-5-6;3-1-2(4)5;2-1(3)4/h1-5,7H;3H,1H2,(H,4,5);. The van der Waals surface area contributed by atoms with Gasteiger partial charge >= 0.3 is 13.5 Å². The van der Waals surface area contributed by atoms with Gasteiger partial charge in [-0.3, -0.25) is 12.9 Å². The van der Waals surface area contributed by atoms with Gasteiger partial charge in [0, 0.05) is 0 Å². The number of aliphatic hydroxyl groups is 1. The molecule has 0 radical (unpaired) electrons. The van der Waals surface area contributed by atoms with E-state index >= 15 is 0 Å². The van der Waals surface area contributed by atoms with Gasteiger partial charge in [-0.25, -0.2) is 4.79 Å². The van der Waals surface area contributed by atoms with Crippen molar-refractivity contribution in [3.8, 4) is 5.75 Å². The van der Waals surface area contributed by atoms with E-state index in [4.69, 9.17) is 20.1 Å². The highest BCUT2D eigenvalue weighted by Gasteiger charge is 2.06. The monoisotopic (exact) mass is 238 g/mol. The lowest BCUT2D eigenvalue weighted by Gasteiger charge is -1.82. The molecule has 0 bridgehead atoms. The van der Waals surface area contributed by atoms with Gasteiger partial charge in [0.05, 0.1) is 0 Å². The molecule has 0 aliphatic carbocycles. The van der Waals surface area contributed by atoms with Crippen molar-refractivity contribution in [1.82, 2.24) is 0 Å². The van der Waals surface area contributed by atoms with Crippen LogP contribution in [0, 0.1) is 0 Å². The Balaban J connectivity index is 0. The van der Waals surface area contributed by atoms with E-state index in [-0.39, 0.29) is 0 Å². The van der Waals surface area contributed by atoms with Gasteiger partial charge in [-0.05, 0) is 12.1 Å². The minimum Gasteiger partial charge on any atom is -0.508 e. The van der Waals surface area contributed by atoms with E-state index in [0.29, 0.717) is 5.75 Å². The molecule has 8 heteroatoms. The highest BCUT2D eigenvalue weighted by Crippen LogP contribution is 2.02. The molecule has 0 aliphatic heterocycles. The van der Waals surface area contributed by atoms with Crippen LogP contribution in [0.3, 0.4) is 0 Å². The Morgan fingerprint density at radius 2 is 1.50 bits per heavy atom. The molecule has 0 saturated heterocycles. The van der Waals surface area contributed by atoms with E-state index in [2.05, 4.69) is 0 Å². The summed E-state index contributed by atoms with van der Waals surface area (Å²) in [6.45, 7) is -0.778. The summed E-state index contributed by atoms with van der Waals surface area (Å²) in [6, 6.07) is 8.71. The van der Waals surface area contributed by atoms with Gasteiger partial charge in [-0.2, -0.15) is 0 Å². The van der Waals surface area contributed by atoms with E-state index in [1.165, 1.54) is 0 Å². The molecule has 0 spiro atoms. The number of carbonyl (C=O) groups is 1. The van der Waals surface area contributed by atoms with Crippen molar-refractivity contribution in [1.29, 1.82) is 0 Å². The lowest BCUT2D eigenvalue weighted by Crippen LogP contribution is -1.98. The Kier molecular flexibility index (Phi) is 11.9. The van der Waals surface area contributed by atoms with Crippen molar-refractivity contribution in [2.45, 2.75) is 0 Å². The molecule has 0 aromatic heterocycles. The van der Waals surface area contributed by atoms with Crippen molar-refractivity contribution in [2.24, 2.45) is 0 Å². The number of benzene rings is 1. The molecule has 0 fully saturated rings. The van der Waals surface area contributed by atoms with Crippen molar-refractivity contribution in [2.75, 3.05) is 6.61 Å². The predicted molar refractivity (Wildman–Crippen MR) is 51.9 cm³/mol. The van der Waals surface area contributed by atoms with Crippen LogP contribution in [0.25, 0.3) is 0 Å². The third-order valence-electron chi connectivity index (χ3n) is 0.891. The molecule has 4 nitrogen and oxygen atoms in total. The first kappa shape index (κ1) is 16.7. The van der Waals surface area contributed by atoms with Crippen LogP contribution in [0.1, 0.15) is 0 Å². The Labute approximate surface area is 90.2 Å². The number of rotatable bonds is 1. The average Bonchev–Trinajstić information content (AvgIpc) is 2.19. The lowest BCUT2D eigenvalue weighted by molar-refractivity contribution is -0.140. The molecule has 16 heavy (non-hydrogen) atoms. The summed E-state index contributed by atoms with van der Waals surface area (Å²) in [7, 11) is -3.67. The Morgan fingerprint density at radius 3 is 1.62 bits per heavy atom. The molecular formula is C8H10BF3O4. The van der Waals surface area contributed by atoms with Crippen LogP contribution in [0.2, 0.25) is 0 Å². The molecule has 0 saturated carbocycles. The van der Waals surface area contributed by atoms with Crippen molar-refractivity contribution < 1.29 is 33.1 Å². The van der Waals surface area contributed by atoms with E-state index in [1.54, 1.807) is 24.3 Å². The molecule has 0 atom stereocenters. The van der Waals surface area contributed by atoms with Crippen LogP contribution in [0.15, 0.2) is 30.3 Å². The maximum absolute atomic E-state index is 9.67. The largest absolute Gasteiger partial charge is 0.762 e. The van der Waals surface area contributed by atoms with Gasteiger partial charge in [0.2, 0.25) is 0 Å². The van der Waals surface area contributed by atoms with E-state index in [0.717, 1.165) is 0 Å². The van der Waals surface area contributed by atoms with E-state index in [9.17, 15) is 12.9 Å². The van der Waals surface area contributed by atoms with Crippen molar-refractivity contribution in [3.63, 3.8) is 0 Å². The Bertz CT molecular complexity index is 268. The van der Waals surface area contributed by atoms with Crippen LogP contribution in [0.4, 0.5) is 12.9 Å². The third kappa shape index (κ3) is 22.8. The first-order valence-electron chi connectivity index (χ1n) is 3.89. The van der Waals surface area contributed by atoms with Crippen molar-refractivity contribution >= 4 is 13.5 Å². The van der Waals surface area contributed by atoms with E-state index < -0.39 is 20.1 Å². The number of hydrogen-bond acceptors (Lipinski definition) is 3. The molecule has 0 aliphatic rings. The Hall–Kier alpha value is -1.70. The second kappa shape index (κ2) is 11.4. The molecule has 0 unspecified atom stereocenters. The number of halogens is 3. The van der Waals surface area contributed by atoms with Gasteiger partial charge in [-0.1, -0.05) is 18.2 Å². The number of phenols is 1. The molecule has 1 aromatic carbocycles. The van der Waals surface area contributed by atoms with Gasteiger partial charge in [0.15, 0.2) is 0 Å². The fourth-order valence-electron chi connectivity index (χ4n) is 0.428. The summed E-state index contributed by atoms with van der Waals surface area (Å²) < 4.78 is 29.0. The average molecular weight is 238 g/mol. The molecule has 3 N–H and O–H groups in total. The smallest absolute Gasteiger partial charge is 0.508 e. The van der Waals surface area contributed by atoms with E-state index in [1.807, 2.05) is 6.07 Å². The second-order valence-electron chi connectivity index (χ2n) is 2.13. The summed E-state index contributed by atoms with van der Waals surface area (Å²) in [5.41, 5.74) is 0. The topological polar surface area (TPSA) is 77.8 Å². The van der Waals surface area contributed by atoms with Crippen LogP contribution in [-0.2, 0) is 4.79 Å². The number of hydrogen-bond donors (Lipinski definition) is 3. The number of aliphatic carboxylic acids is 1. The fourth-order valence-corrected chi connectivity index (χ4v) is 0.428. The molecule has 1 rings (SSSR count). The molecule has 0 heterocycles. The highest BCUT2D eigenvalue weighted by atomic mass is 19.4. The van der Waals surface area contributed by atoms with Gasteiger partial charge < -0.3 is 15.3 Å². The molecule has 0 amide bonds. The quantitative estimate of drug-likeness (QED) is 0.645. The van der Waals surface area contributed by atoms with Crippen molar-refractivity contribution in [3.05, 3.63) is 30.3 Å². The lowest BCUT2D eigenvalue weighted by atomic mass is 10.3. The molecule has 90 valence electrons. The molecule has 1 aromatic rings. The summed E-state index contributed by atoms with van der Waals surface area (Å²) >= 11 is 0. The van der Waals surface area contributed by atoms with Crippen LogP contribution in [0.5, 0.6) is 5.75 Å². The normalized spacial score (nSPS) is 7.75. The van der Waals surface area contributed by atoms with Gasteiger partial charge in [0.1, 0.15) is 12.4 Å². The second-order valence-corrected chi connectivity index (χ2v) is 2.13. The minimum absolute atomic E-state index is 0.322. The van der Waals surface area contributed by atoms with Gasteiger partial charge in [-0.15, -0.1) is 0 Å². The summed E-state index contributed by atoms with van der Waals surface area (Å²) in [4.78, 5) is 9.12. The highest BCUT2D eigenvalue weighted by molar-refractivity contribution is 6.33. The Morgan fingerprint density at radius 1 is 1.19 bits per heavy atom. The number of phenolic OH excluding ortho intramolecular Hbond substituents is 1. The first-order chi connectivity index (χ1) is 7.40. The van der Waals surface area contributed by atoms with Crippen LogP contribution >= 0.6 is 0 Å². The zero-order valence-corrected chi connectivity index (χ0v) is 8.05. The number of aliphatic hydroxyl groups excluding tert-OH is 1. The van der Waals surface area contributed by atoms with Crippen LogP contribution in [-0.4, -0.2) is 35.4 Å². The first-order valence-corrected chi connectivity index (χ1v) is 3.89. The maximum atomic E-state index is 9.67. The summed E-state index contributed by atoms with van der Waals surface area (Å²) in [5.74, 6) is -0.868. The number of carboxylic acid groups (broad SMARTS) is 1. The minimum atomic E-state index is -3.67. The SMILES string of the molecule is FB(F)F.O=C(O)CO.Oc1ccccc1.